The summed E-state index contributed by atoms with van der Waals surface area (Å²) in [6.45, 7) is 3.21. The van der Waals surface area contributed by atoms with Gasteiger partial charge < -0.3 is 24.8 Å². The molecule has 3 N–H and O–H groups in total. The average molecular weight is 339 g/mol. The normalized spacial score (nSPS) is 14.7. The van der Waals surface area contributed by atoms with Crippen LogP contribution >= 0.6 is 7.37 Å². The Labute approximate surface area is 130 Å². The Morgan fingerprint density at radius 3 is 2.50 bits per heavy atom. The van der Waals surface area contributed by atoms with Crippen molar-refractivity contribution in [1.82, 2.24) is 5.32 Å². The third kappa shape index (κ3) is 9.76. The molecule has 8 nitrogen and oxygen atoms in total. The maximum absolute atomic E-state index is 11.8. The fourth-order valence-electron chi connectivity index (χ4n) is 1.51. The zero-order valence-corrected chi connectivity index (χ0v) is 14.0. The molecule has 0 rings (SSSR count). The Morgan fingerprint density at radius 2 is 1.91 bits per heavy atom. The van der Waals surface area contributed by atoms with Crippen LogP contribution in [-0.4, -0.2) is 47.4 Å². The van der Waals surface area contributed by atoms with E-state index in [1.807, 2.05) is 13.8 Å². The first-order valence-corrected chi connectivity index (χ1v) is 9.30. The lowest BCUT2D eigenvalue weighted by molar-refractivity contribution is -0.151. The van der Waals surface area contributed by atoms with Gasteiger partial charge in [0.2, 0.25) is 14.2 Å². The van der Waals surface area contributed by atoms with Crippen LogP contribution in [-0.2, 0) is 18.8 Å². The molecule has 0 saturated heterocycles. The number of esters is 1. The molecule has 9 heteroatoms. The number of hydrogen-bond acceptors (Lipinski definition) is 6. The van der Waals surface area contributed by atoms with Crippen molar-refractivity contribution in [3.63, 3.8) is 0 Å². The van der Waals surface area contributed by atoms with Crippen molar-refractivity contribution in [2.24, 2.45) is 0 Å². The van der Waals surface area contributed by atoms with Gasteiger partial charge in [-0.05, 0) is 12.8 Å². The summed E-state index contributed by atoms with van der Waals surface area (Å²) in [6, 6.07) is 0. The van der Waals surface area contributed by atoms with E-state index < -0.39 is 32.1 Å². The Balaban J connectivity index is 3.83. The number of nitrogens with one attached hydrogen (secondary N) is 1. The van der Waals surface area contributed by atoms with Gasteiger partial charge in [0.15, 0.2) is 0 Å². The van der Waals surface area contributed by atoms with Crippen LogP contribution in [0.25, 0.3) is 0 Å². The number of carbonyl (C=O) groups excluding carboxylic acids is 2. The molecule has 0 aromatic rings. The van der Waals surface area contributed by atoms with E-state index in [4.69, 9.17) is 0 Å². The van der Waals surface area contributed by atoms with Gasteiger partial charge in [-0.1, -0.05) is 20.3 Å². The molecular weight excluding hydrogens is 313 g/mol. The second-order valence-electron chi connectivity index (χ2n) is 4.84. The molecule has 0 aliphatic heterocycles. The quantitative estimate of drug-likeness (QED) is 0.298. The minimum Gasteiger partial charge on any atom is -0.428 e. The molecule has 0 spiro atoms. The molecule has 1 unspecified atom stereocenters. The molecule has 0 aromatic carbocycles. The van der Waals surface area contributed by atoms with Gasteiger partial charge in [0, 0.05) is 25.5 Å². The lowest BCUT2D eigenvalue weighted by atomic mass is 10.3. The first-order valence-electron chi connectivity index (χ1n) is 7.39. The van der Waals surface area contributed by atoms with Crippen LogP contribution < -0.4 is 5.32 Å². The van der Waals surface area contributed by atoms with Gasteiger partial charge in [0.25, 0.3) is 0 Å². The molecular formula is C13H26NO7P. The number of hydrogen-bond donors (Lipinski definition) is 3. The predicted octanol–water partition coefficient (Wildman–Crippen LogP) is 1.79. The summed E-state index contributed by atoms with van der Waals surface area (Å²) in [5.74, 6) is -1.83. The second-order valence-corrected chi connectivity index (χ2v) is 7.40. The summed E-state index contributed by atoms with van der Waals surface area (Å²) in [4.78, 5) is 31.9. The topological polar surface area (TPSA) is 122 Å². The van der Waals surface area contributed by atoms with Crippen LogP contribution in [0.1, 0.15) is 46.0 Å². The smallest absolute Gasteiger partial charge is 0.410 e. The second kappa shape index (κ2) is 11.5. The van der Waals surface area contributed by atoms with Crippen LogP contribution in [0.2, 0.25) is 0 Å². The van der Waals surface area contributed by atoms with Crippen molar-refractivity contribution in [2.75, 3.05) is 19.5 Å². The van der Waals surface area contributed by atoms with Gasteiger partial charge in [-0.15, -0.1) is 0 Å². The number of amides is 1. The highest BCUT2D eigenvalue weighted by Gasteiger charge is 2.27. The first-order chi connectivity index (χ1) is 10.3. The highest BCUT2D eigenvalue weighted by molar-refractivity contribution is 7.58. The summed E-state index contributed by atoms with van der Waals surface area (Å²) in [5.41, 5.74) is 0. The molecule has 0 fully saturated rings. The fourth-order valence-corrected chi connectivity index (χ4v) is 3.11. The fraction of sp³-hybridized carbons (Fsp3) is 0.846. The molecule has 2 atom stereocenters. The van der Waals surface area contributed by atoms with Crippen LogP contribution in [0.5, 0.6) is 0 Å². The number of alkyl carbamates (subject to hydrolysis) is 1. The highest BCUT2D eigenvalue weighted by Crippen LogP contribution is 2.46. The summed E-state index contributed by atoms with van der Waals surface area (Å²) in [5, 5.41) is 12.0. The number of aliphatic hydroxyl groups excluding tert-OH is 1. The van der Waals surface area contributed by atoms with E-state index in [1.165, 1.54) is 0 Å². The van der Waals surface area contributed by atoms with Gasteiger partial charge in [-0.3, -0.25) is 9.36 Å². The molecule has 1 amide bonds. The van der Waals surface area contributed by atoms with Crippen molar-refractivity contribution in [2.45, 2.75) is 51.8 Å². The van der Waals surface area contributed by atoms with Gasteiger partial charge in [-0.25, -0.2) is 4.79 Å². The van der Waals surface area contributed by atoms with Crippen LogP contribution in [0.4, 0.5) is 4.79 Å². The van der Waals surface area contributed by atoms with Crippen molar-refractivity contribution < 1.29 is 33.6 Å². The summed E-state index contributed by atoms with van der Waals surface area (Å²) < 4.78 is 21.0. The first kappa shape index (κ1) is 20.9. The maximum Gasteiger partial charge on any atom is 0.410 e. The molecule has 0 radical (unpaired) electrons. The monoisotopic (exact) mass is 339 g/mol. The third-order valence-corrected chi connectivity index (χ3v) is 4.98. The predicted molar refractivity (Wildman–Crippen MR) is 80.6 cm³/mol. The number of carbonyl (C=O) groups is 2. The summed E-state index contributed by atoms with van der Waals surface area (Å²) in [7, 11) is -3.61. The van der Waals surface area contributed by atoms with Crippen LogP contribution in [0.3, 0.4) is 0 Å². The molecule has 22 heavy (non-hydrogen) atoms. The van der Waals surface area contributed by atoms with Gasteiger partial charge in [0.05, 0.1) is 0 Å². The third-order valence-electron chi connectivity index (χ3n) is 2.83. The zero-order valence-electron chi connectivity index (χ0n) is 13.1. The lowest BCUT2D eigenvalue weighted by Gasteiger charge is -2.18. The maximum atomic E-state index is 11.8. The molecule has 0 aliphatic rings. The molecule has 0 aliphatic carbocycles. The Morgan fingerprint density at radius 1 is 1.23 bits per heavy atom. The van der Waals surface area contributed by atoms with Gasteiger partial charge in [0.1, 0.15) is 5.85 Å². The molecule has 0 saturated carbocycles. The van der Waals surface area contributed by atoms with Crippen LogP contribution in [0.15, 0.2) is 0 Å². The van der Waals surface area contributed by atoms with Crippen molar-refractivity contribution in [1.29, 1.82) is 0 Å². The largest absolute Gasteiger partial charge is 0.428 e. The number of aliphatic hydroxyl groups is 1. The standard InChI is InChI=1S/C13H26NO7P/c1-3-5-9-22(18,19)12(16)7-8-14-13(17)21-10-20-11(15)6-4-2/h12,16H,3-10H2,1-2H3,(H,14,17)(H,18,19)/t12-/m1/s1. The summed E-state index contributed by atoms with van der Waals surface area (Å²) in [6.07, 6.45) is 1.40. The van der Waals surface area contributed by atoms with E-state index in [2.05, 4.69) is 14.8 Å². The average Bonchev–Trinajstić information content (AvgIpc) is 2.45. The van der Waals surface area contributed by atoms with Gasteiger partial charge >= 0.3 is 12.1 Å². The van der Waals surface area contributed by atoms with Crippen molar-refractivity contribution >= 4 is 19.4 Å². The zero-order chi connectivity index (χ0) is 17.0. The van der Waals surface area contributed by atoms with Crippen molar-refractivity contribution in [3.05, 3.63) is 0 Å². The Hall–Kier alpha value is -1.11. The molecule has 130 valence electrons. The lowest BCUT2D eigenvalue weighted by Crippen LogP contribution is -2.29. The highest BCUT2D eigenvalue weighted by atomic mass is 31.2. The van der Waals surface area contributed by atoms with E-state index in [-0.39, 0.29) is 25.5 Å². The Bertz CT molecular complexity index is 389. The number of rotatable bonds is 11. The molecule has 0 aromatic heterocycles. The Kier molecular flexibility index (Phi) is 10.9. The van der Waals surface area contributed by atoms with E-state index in [0.717, 1.165) is 6.42 Å². The van der Waals surface area contributed by atoms with Gasteiger partial charge in [-0.2, -0.15) is 0 Å². The van der Waals surface area contributed by atoms with Crippen LogP contribution in [0, 0.1) is 0 Å². The number of unbranched alkanes of at least 4 members (excludes halogenated alkanes) is 1. The van der Waals surface area contributed by atoms with Crippen molar-refractivity contribution in [3.8, 4) is 0 Å². The molecule has 0 bridgehead atoms. The number of ether oxygens (including phenoxy) is 2. The van der Waals surface area contributed by atoms with E-state index in [0.29, 0.717) is 12.8 Å². The van der Waals surface area contributed by atoms with E-state index >= 15 is 0 Å². The minimum absolute atomic E-state index is 0.0143. The molecule has 0 heterocycles. The SMILES string of the molecule is CCCCP(=O)(O)[C@@H](O)CCNC(=O)OCOC(=O)CCC. The van der Waals surface area contributed by atoms with E-state index in [1.54, 1.807) is 0 Å². The summed E-state index contributed by atoms with van der Waals surface area (Å²) >= 11 is 0. The van der Waals surface area contributed by atoms with E-state index in [9.17, 15) is 24.2 Å². The minimum atomic E-state index is -3.61.